The normalized spacial score (nSPS) is 14.4. The topological polar surface area (TPSA) is 37.3 Å². The van der Waals surface area contributed by atoms with Crippen LogP contribution in [0.3, 0.4) is 0 Å². The van der Waals surface area contributed by atoms with Crippen LogP contribution in [-0.2, 0) is 5.60 Å². The summed E-state index contributed by atoms with van der Waals surface area (Å²) in [5.74, 6) is -0.775. The fraction of sp³-hybridized carbons (Fsp3) is 0.188. The van der Waals surface area contributed by atoms with Crippen LogP contribution in [0.4, 0.5) is 13.2 Å². The van der Waals surface area contributed by atoms with Crippen molar-refractivity contribution in [2.24, 2.45) is 0 Å². The average Bonchev–Trinajstić information content (AvgIpc) is 2.47. The summed E-state index contributed by atoms with van der Waals surface area (Å²) < 4.78 is 40.6. The molecule has 0 radical (unpaired) electrons. The Balaban J connectivity index is 2.39. The number of hydrogen-bond donors (Lipinski definition) is 1. The highest BCUT2D eigenvalue weighted by atomic mass is 79.9. The van der Waals surface area contributed by atoms with Crippen LogP contribution in [0.1, 0.15) is 22.3 Å². The van der Waals surface area contributed by atoms with Crippen LogP contribution in [0.15, 0.2) is 59.1 Å². The Bertz CT molecular complexity index is 653. The molecule has 2 rings (SSSR count). The zero-order valence-corrected chi connectivity index (χ0v) is 12.9. The molecule has 0 saturated heterocycles. The molecule has 2 nitrogen and oxygen atoms in total. The van der Waals surface area contributed by atoms with Crippen LogP contribution < -0.4 is 0 Å². The zero-order chi connectivity index (χ0) is 16.4. The Kier molecular flexibility index (Phi) is 4.72. The molecule has 22 heavy (non-hydrogen) atoms. The van der Waals surface area contributed by atoms with Crippen molar-refractivity contribution in [3.8, 4) is 0 Å². The third kappa shape index (κ3) is 3.39. The number of alkyl halides is 3. The molecule has 1 N–H and O–H groups in total. The second kappa shape index (κ2) is 6.22. The molecule has 0 heterocycles. The summed E-state index contributed by atoms with van der Waals surface area (Å²) in [6, 6.07) is 12.7. The molecule has 0 unspecified atom stereocenters. The van der Waals surface area contributed by atoms with Gasteiger partial charge in [-0.3, -0.25) is 4.79 Å². The van der Waals surface area contributed by atoms with Crippen LogP contribution in [0.5, 0.6) is 0 Å². The number of ketones is 1. The van der Waals surface area contributed by atoms with Crippen LogP contribution in [0.25, 0.3) is 0 Å². The molecule has 0 saturated carbocycles. The van der Waals surface area contributed by atoms with Crippen molar-refractivity contribution >= 4 is 21.7 Å². The molecule has 2 aromatic carbocycles. The second-order valence-corrected chi connectivity index (χ2v) is 5.75. The minimum absolute atomic E-state index is 0.127. The van der Waals surface area contributed by atoms with Gasteiger partial charge >= 0.3 is 6.18 Å². The molecule has 0 aliphatic carbocycles. The van der Waals surface area contributed by atoms with Crippen molar-refractivity contribution < 1.29 is 23.1 Å². The van der Waals surface area contributed by atoms with Gasteiger partial charge in [0.2, 0.25) is 0 Å². The summed E-state index contributed by atoms with van der Waals surface area (Å²) in [7, 11) is 0. The fourth-order valence-corrected chi connectivity index (χ4v) is 2.31. The Morgan fingerprint density at radius 2 is 1.55 bits per heavy atom. The van der Waals surface area contributed by atoms with Gasteiger partial charge < -0.3 is 5.11 Å². The molecule has 6 heteroatoms. The molecule has 1 atom stereocenters. The number of carbonyl (C=O) groups is 1. The molecule has 0 spiro atoms. The van der Waals surface area contributed by atoms with Gasteiger partial charge in [-0.15, -0.1) is 0 Å². The number of hydrogen-bond acceptors (Lipinski definition) is 2. The quantitative estimate of drug-likeness (QED) is 0.803. The third-order valence-electron chi connectivity index (χ3n) is 3.30. The van der Waals surface area contributed by atoms with E-state index in [1.165, 1.54) is 24.3 Å². The van der Waals surface area contributed by atoms with Crippen molar-refractivity contribution in [3.05, 3.63) is 70.2 Å². The maximum atomic E-state index is 13.4. The molecular formula is C16H12BrF3O2. The number of aliphatic hydroxyl groups is 1. The van der Waals surface area contributed by atoms with E-state index < -0.39 is 24.0 Å². The molecule has 2 aromatic rings. The standard InChI is InChI=1S/C16H12BrF3O2/c17-13-8-6-12(7-9-13)15(22,16(18,19)20)10-14(21)11-4-2-1-3-5-11/h1-9,22H,10H2/t15-/m1/s1. The third-order valence-corrected chi connectivity index (χ3v) is 3.83. The van der Waals surface area contributed by atoms with E-state index in [0.29, 0.717) is 4.47 Å². The molecule has 116 valence electrons. The Morgan fingerprint density at radius 3 is 2.05 bits per heavy atom. The summed E-state index contributed by atoms with van der Waals surface area (Å²) in [5, 5.41) is 10.2. The lowest BCUT2D eigenvalue weighted by molar-refractivity contribution is -0.264. The number of carbonyl (C=O) groups excluding carboxylic acids is 1. The number of benzene rings is 2. The number of rotatable bonds is 4. The number of Topliss-reactive ketones (excluding diaryl/α,β-unsaturated/α-hetero) is 1. The van der Waals surface area contributed by atoms with Crippen LogP contribution >= 0.6 is 15.9 Å². The predicted molar refractivity (Wildman–Crippen MR) is 79.5 cm³/mol. The lowest BCUT2D eigenvalue weighted by Gasteiger charge is -2.30. The van der Waals surface area contributed by atoms with Crippen molar-refractivity contribution in [2.45, 2.75) is 18.2 Å². The Labute approximate surface area is 133 Å². The summed E-state index contributed by atoms with van der Waals surface area (Å²) in [6.45, 7) is 0. The highest BCUT2D eigenvalue weighted by Crippen LogP contribution is 2.42. The first kappa shape index (κ1) is 16.7. The molecule has 0 amide bonds. The zero-order valence-electron chi connectivity index (χ0n) is 11.3. The summed E-state index contributed by atoms with van der Waals surface area (Å²) >= 11 is 3.12. The summed E-state index contributed by atoms with van der Waals surface area (Å²) in [5.41, 5.74) is -3.46. The second-order valence-electron chi connectivity index (χ2n) is 4.83. The summed E-state index contributed by atoms with van der Waals surface area (Å²) in [6.07, 6.45) is -6.03. The summed E-state index contributed by atoms with van der Waals surface area (Å²) in [4.78, 5) is 12.1. The van der Waals surface area contributed by atoms with E-state index in [1.807, 2.05) is 0 Å². The highest BCUT2D eigenvalue weighted by molar-refractivity contribution is 9.10. The van der Waals surface area contributed by atoms with Crippen molar-refractivity contribution in [3.63, 3.8) is 0 Å². The first-order valence-electron chi connectivity index (χ1n) is 6.37. The van der Waals surface area contributed by atoms with E-state index in [0.717, 1.165) is 12.1 Å². The molecule has 0 aliphatic rings. The first-order valence-corrected chi connectivity index (χ1v) is 7.17. The van der Waals surface area contributed by atoms with Gasteiger partial charge in [0.15, 0.2) is 11.4 Å². The average molecular weight is 373 g/mol. The van der Waals surface area contributed by atoms with Gasteiger partial charge in [0.05, 0.1) is 6.42 Å². The van der Waals surface area contributed by atoms with E-state index in [1.54, 1.807) is 18.2 Å². The Morgan fingerprint density at radius 1 is 1.00 bits per heavy atom. The van der Waals surface area contributed by atoms with E-state index in [-0.39, 0.29) is 11.1 Å². The van der Waals surface area contributed by atoms with Crippen molar-refractivity contribution in [1.29, 1.82) is 0 Å². The van der Waals surface area contributed by atoms with Gasteiger partial charge in [-0.2, -0.15) is 13.2 Å². The van der Waals surface area contributed by atoms with Gasteiger partial charge in [0.1, 0.15) is 0 Å². The van der Waals surface area contributed by atoms with Gasteiger partial charge in [-0.1, -0.05) is 58.4 Å². The van der Waals surface area contributed by atoms with Crippen LogP contribution in [-0.4, -0.2) is 17.1 Å². The monoisotopic (exact) mass is 372 g/mol. The number of halogens is 4. The van der Waals surface area contributed by atoms with Gasteiger partial charge in [-0.05, 0) is 17.7 Å². The van der Waals surface area contributed by atoms with E-state index in [4.69, 9.17) is 0 Å². The van der Waals surface area contributed by atoms with Crippen molar-refractivity contribution in [2.75, 3.05) is 0 Å². The minimum Gasteiger partial charge on any atom is -0.376 e. The maximum Gasteiger partial charge on any atom is 0.421 e. The molecule has 0 fully saturated rings. The SMILES string of the molecule is O=C(C[C@@](O)(c1ccc(Br)cc1)C(F)(F)F)c1ccccc1. The van der Waals surface area contributed by atoms with E-state index in [9.17, 15) is 23.1 Å². The first-order chi connectivity index (χ1) is 10.2. The van der Waals surface area contributed by atoms with E-state index >= 15 is 0 Å². The molecular weight excluding hydrogens is 361 g/mol. The largest absolute Gasteiger partial charge is 0.421 e. The van der Waals surface area contributed by atoms with Gasteiger partial charge in [0, 0.05) is 10.0 Å². The smallest absolute Gasteiger partial charge is 0.376 e. The van der Waals surface area contributed by atoms with Crippen molar-refractivity contribution in [1.82, 2.24) is 0 Å². The fourth-order valence-electron chi connectivity index (χ4n) is 2.05. The molecule has 0 aliphatic heterocycles. The maximum absolute atomic E-state index is 13.4. The van der Waals surface area contributed by atoms with Crippen LogP contribution in [0.2, 0.25) is 0 Å². The Hall–Kier alpha value is -1.66. The molecule has 0 aromatic heterocycles. The van der Waals surface area contributed by atoms with Gasteiger partial charge in [0.25, 0.3) is 0 Å². The highest BCUT2D eigenvalue weighted by Gasteiger charge is 2.55. The predicted octanol–water partition coefficient (Wildman–Crippen LogP) is 4.47. The lowest BCUT2D eigenvalue weighted by atomic mass is 9.86. The lowest BCUT2D eigenvalue weighted by Crippen LogP contribution is -2.44. The van der Waals surface area contributed by atoms with Gasteiger partial charge in [-0.25, -0.2) is 0 Å². The minimum atomic E-state index is -4.97. The van der Waals surface area contributed by atoms with E-state index in [2.05, 4.69) is 15.9 Å². The molecule has 0 bridgehead atoms. The van der Waals surface area contributed by atoms with Crippen LogP contribution in [0, 0.1) is 0 Å².